The summed E-state index contributed by atoms with van der Waals surface area (Å²) in [4.78, 5) is 31.1. The Kier molecular flexibility index (Phi) is 10.3. The van der Waals surface area contributed by atoms with Gasteiger partial charge in [0.2, 0.25) is 5.88 Å². The van der Waals surface area contributed by atoms with Crippen molar-refractivity contribution in [1.82, 2.24) is 24.8 Å². The summed E-state index contributed by atoms with van der Waals surface area (Å²) in [5.41, 5.74) is 3.10. The maximum Gasteiger partial charge on any atom is 0.387 e. The average Bonchev–Trinajstić information content (AvgIpc) is 3.05. The van der Waals surface area contributed by atoms with Gasteiger partial charge in [-0.05, 0) is 19.4 Å². The lowest BCUT2D eigenvalue weighted by molar-refractivity contribution is -0.0878. The molecule has 11 nitrogen and oxygen atoms in total. The maximum absolute atomic E-state index is 13.5. The zero-order valence-corrected chi connectivity index (χ0v) is 28.2. The highest BCUT2D eigenvalue weighted by molar-refractivity contribution is 6.39. The first-order chi connectivity index (χ1) is 23.5. The summed E-state index contributed by atoms with van der Waals surface area (Å²) in [7, 11) is 1.51. The Morgan fingerprint density at radius 1 is 1.08 bits per heavy atom. The smallest absolute Gasteiger partial charge is 0.387 e. The van der Waals surface area contributed by atoms with Gasteiger partial charge in [0.25, 0.3) is 5.91 Å². The number of aliphatic hydroxyl groups excluding tert-OH is 1. The Balaban J connectivity index is 1.26. The molecular formula is C34H34Cl2F2N6O5. The van der Waals surface area contributed by atoms with Crippen LogP contribution in [0.25, 0.3) is 22.4 Å². The second-order valence-electron chi connectivity index (χ2n) is 12.2. The number of nitrogens with zero attached hydrogens (tertiary/aromatic N) is 5. The molecule has 0 saturated carbocycles. The van der Waals surface area contributed by atoms with Crippen LogP contribution in [-0.2, 0) is 19.5 Å². The van der Waals surface area contributed by atoms with Crippen LogP contribution >= 0.6 is 23.2 Å². The third-order valence-corrected chi connectivity index (χ3v) is 9.22. The number of β-amino-alcohol motifs (C(OH)–C–C–N with tert-alkyl or cyclic N) is 2. The fourth-order valence-corrected chi connectivity index (χ4v) is 6.81. The molecule has 4 aromatic rings. The van der Waals surface area contributed by atoms with Crippen LogP contribution in [0.15, 0.2) is 48.7 Å². The lowest BCUT2D eigenvalue weighted by Gasteiger charge is -2.44. The first-order valence-corrected chi connectivity index (χ1v) is 16.3. The number of likely N-dealkylation sites (tertiary alicyclic amines) is 1. The number of carbonyl (C=O) groups excluding carboxylic acids is 1. The number of ether oxygens (including phenoxy) is 2. The first-order valence-electron chi connectivity index (χ1n) is 15.5. The van der Waals surface area contributed by atoms with E-state index in [-0.39, 0.29) is 35.3 Å². The number of methoxy groups -OCH3 is 1. The second-order valence-corrected chi connectivity index (χ2v) is 13.0. The van der Waals surface area contributed by atoms with Crippen molar-refractivity contribution in [3.05, 3.63) is 81.4 Å². The molecule has 2 aliphatic rings. The molecule has 2 aliphatic heterocycles. The van der Waals surface area contributed by atoms with Gasteiger partial charge < -0.3 is 25.0 Å². The molecule has 1 fully saturated rings. The Hall–Kier alpha value is -3.98. The van der Waals surface area contributed by atoms with E-state index in [9.17, 15) is 23.8 Å². The van der Waals surface area contributed by atoms with Crippen LogP contribution in [0, 0.1) is 0 Å². The Morgan fingerprint density at radius 3 is 2.49 bits per heavy atom. The summed E-state index contributed by atoms with van der Waals surface area (Å²) in [6, 6.07) is 11.6. The number of halogens is 4. The van der Waals surface area contributed by atoms with Crippen molar-refractivity contribution in [3.8, 4) is 34.0 Å². The zero-order valence-electron chi connectivity index (χ0n) is 26.7. The van der Waals surface area contributed by atoms with Gasteiger partial charge >= 0.3 is 6.61 Å². The number of fused-ring (bicyclic) bond motifs is 1. The van der Waals surface area contributed by atoms with E-state index >= 15 is 0 Å². The molecule has 2 aromatic heterocycles. The number of carbonyl (C=O) groups is 1. The third kappa shape index (κ3) is 7.62. The molecule has 258 valence electrons. The Bertz CT molecular complexity index is 1870. The van der Waals surface area contributed by atoms with E-state index in [1.165, 1.54) is 13.2 Å². The molecule has 0 spiro atoms. The highest BCUT2D eigenvalue weighted by Crippen LogP contribution is 2.41. The molecule has 2 aromatic carbocycles. The molecule has 0 radical (unpaired) electrons. The van der Waals surface area contributed by atoms with Gasteiger partial charge in [-0.15, -0.1) is 0 Å². The zero-order chi connectivity index (χ0) is 34.9. The molecule has 0 bridgehead atoms. The first kappa shape index (κ1) is 34.9. The molecule has 1 amide bonds. The molecule has 3 N–H and O–H groups in total. The number of aliphatic hydroxyl groups is 2. The predicted molar refractivity (Wildman–Crippen MR) is 180 cm³/mol. The van der Waals surface area contributed by atoms with Crippen LogP contribution in [0.1, 0.15) is 34.4 Å². The maximum atomic E-state index is 13.5. The minimum atomic E-state index is -3.08. The number of benzene rings is 2. The van der Waals surface area contributed by atoms with Gasteiger partial charge in [0.05, 0.1) is 52.6 Å². The molecule has 6 rings (SSSR count). The molecule has 49 heavy (non-hydrogen) atoms. The number of hydrogen-bond acceptors (Lipinski definition) is 10. The van der Waals surface area contributed by atoms with Gasteiger partial charge in [-0.25, -0.2) is 9.97 Å². The van der Waals surface area contributed by atoms with E-state index in [0.29, 0.717) is 89.4 Å². The molecule has 15 heteroatoms. The van der Waals surface area contributed by atoms with Gasteiger partial charge in [-0.1, -0.05) is 53.5 Å². The van der Waals surface area contributed by atoms with Crippen molar-refractivity contribution < 1.29 is 33.3 Å². The molecule has 0 unspecified atom stereocenters. The summed E-state index contributed by atoms with van der Waals surface area (Å²) in [6.45, 7) is 1.32. The predicted octanol–water partition coefficient (Wildman–Crippen LogP) is 5.29. The van der Waals surface area contributed by atoms with Crippen LogP contribution in [0.5, 0.6) is 11.6 Å². The number of aromatic nitrogens is 3. The van der Waals surface area contributed by atoms with Crippen LogP contribution in [0.2, 0.25) is 10.0 Å². The normalized spacial score (nSPS) is 15.9. The van der Waals surface area contributed by atoms with Crippen molar-refractivity contribution in [2.24, 2.45) is 0 Å². The van der Waals surface area contributed by atoms with Crippen molar-refractivity contribution in [2.45, 2.75) is 38.6 Å². The van der Waals surface area contributed by atoms with Crippen LogP contribution in [-0.4, -0.2) is 93.0 Å². The van der Waals surface area contributed by atoms with E-state index in [2.05, 4.69) is 20.3 Å². The van der Waals surface area contributed by atoms with Crippen molar-refractivity contribution >= 4 is 34.8 Å². The molecule has 0 atom stereocenters. The standard InChI is InChI=1S/C34H34Cl2F2N6O5/c1-34(47)17-44(18-34)16-27-32(48-2)42-25(14-39-27)22-7-3-5-19(29(22)35)20-6-4-8-23(30(20)36)41-31(46)24-13-28(49-33(37)38)21-9-10-43(11-12-45)15-26(21)40-24/h3-8,13-14,33,45,47H,9-12,15-18H2,1-2H3,(H,41,46). The minimum absolute atomic E-state index is 0.0733. The van der Waals surface area contributed by atoms with Gasteiger partial charge in [0.1, 0.15) is 17.1 Å². The number of anilines is 1. The monoisotopic (exact) mass is 714 g/mol. The van der Waals surface area contributed by atoms with Gasteiger partial charge in [-0.2, -0.15) is 8.78 Å². The van der Waals surface area contributed by atoms with E-state index in [1.807, 2.05) is 9.80 Å². The topological polar surface area (TPSA) is 133 Å². The number of pyridine rings is 1. The second kappa shape index (κ2) is 14.5. The Morgan fingerprint density at radius 2 is 1.80 bits per heavy atom. The van der Waals surface area contributed by atoms with Crippen LogP contribution < -0.4 is 14.8 Å². The number of rotatable bonds is 11. The fraction of sp³-hybridized carbons (Fsp3) is 0.353. The van der Waals surface area contributed by atoms with E-state index < -0.39 is 18.1 Å². The molecule has 4 heterocycles. The third-order valence-electron chi connectivity index (χ3n) is 8.40. The van der Waals surface area contributed by atoms with E-state index in [4.69, 9.17) is 32.7 Å². The van der Waals surface area contributed by atoms with E-state index in [1.54, 1.807) is 49.5 Å². The van der Waals surface area contributed by atoms with Crippen molar-refractivity contribution in [2.75, 3.05) is 45.2 Å². The molecular weight excluding hydrogens is 681 g/mol. The Labute approximate surface area is 291 Å². The summed E-state index contributed by atoms with van der Waals surface area (Å²) in [5.74, 6) is -0.449. The van der Waals surface area contributed by atoms with Gasteiger partial charge in [0.15, 0.2) is 0 Å². The fourth-order valence-electron chi connectivity index (χ4n) is 6.21. The number of nitrogens with one attached hydrogen (secondary N) is 1. The van der Waals surface area contributed by atoms with E-state index in [0.717, 1.165) is 0 Å². The lowest BCUT2D eigenvalue weighted by atomic mass is 9.97. The molecule has 1 saturated heterocycles. The SMILES string of the molecule is COc1nc(-c2cccc(-c3cccc(NC(=O)c4cc(OC(F)F)c5c(n4)CN(CCO)CC5)c3Cl)c2Cl)cnc1CN1CC(C)(O)C1. The summed E-state index contributed by atoms with van der Waals surface area (Å²) >= 11 is 13.8. The van der Waals surface area contributed by atoms with Crippen molar-refractivity contribution in [3.63, 3.8) is 0 Å². The lowest BCUT2D eigenvalue weighted by Crippen LogP contribution is -2.59. The summed E-state index contributed by atoms with van der Waals surface area (Å²) in [5, 5.41) is 22.7. The summed E-state index contributed by atoms with van der Waals surface area (Å²) in [6.07, 6.45) is 1.99. The number of amides is 1. The van der Waals surface area contributed by atoms with Crippen LogP contribution in [0.3, 0.4) is 0 Å². The number of alkyl halides is 2. The minimum Gasteiger partial charge on any atom is -0.480 e. The average molecular weight is 716 g/mol. The molecule has 0 aliphatic carbocycles. The quantitative estimate of drug-likeness (QED) is 0.188. The number of hydrogen-bond donors (Lipinski definition) is 3. The van der Waals surface area contributed by atoms with Crippen molar-refractivity contribution in [1.29, 1.82) is 0 Å². The summed E-state index contributed by atoms with van der Waals surface area (Å²) < 4.78 is 36.9. The highest BCUT2D eigenvalue weighted by Gasteiger charge is 2.37. The van der Waals surface area contributed by atoms with Gasteiger partial charge in [0, 0.05) is 67.6 Å². The van der Waals surface area contributed by atoms with Gasteiger partial charge in [-0.3, -0.25) is 19.6 Å². The van der Waals surface area contributed by atoms with Crippen LogP contribution in [0.4, 0.5) is 14.5 Å². The highest BCUT2D eigenvalue weighted by atomic mass is 35.5. The largest absolute Gasteiger partial charge is 0.480 e.